The SMILES string of the molecule is CCNC(=NCc1cccc(COC)c1)NCc1cccc(C(F)(F)F)c1.I. The predicted octanol–water partition coefficient (Wildman–Crippen LogP) is 4.73. The molecule has 0 fully saturated rings. The van der Waals surface area contributed by atoms with Crippen LogP contribution in [0.1, 0.15) is 29.2 Å². The number of guanidine groups is 1. The number of hydrogen-bond donors (Lipinski definition) is 2. The number of ether oxygens (including phenoxy) is 1. The van der Waals surface area contributed by atoms with Crippen molar-refractivity contribution in [2.45, 2.75) is 32.8 Å². The Hall–Kier alpha value is -1.81. The van der Waals surface area contributed by atoms with Gasteiger partial charge in [0.15, 0.2) is 5.96 Å². The van der Waals surface area contributed by atoms with Gasteiger partial charge in [0.25, 0.3) is 0 Å². The van der Waals surface area contributed by atoms with Crippen molar-refractivity contribution in [3.05, 3.63) is 70.8 Å². The summed E-state index contributed by atoms with van der Waals surface area (Å²) in [6.07, 6.45) is -4.35. The average molecular weight is 507 g/mol. The highest BCUT2D eigenvalue weighted by atomic mass is 127. The third-order valence-corrected chi connectivity index (χ3v) is 3.78. The molecule has 2 rings (SSSR count). The maximum atomic E-state index is 12.8. The fourth-order valence-electron chi connectivity index (χ4n) is 2.54. The summed E-state index contributed by atoms with van der Waals surface area (Å²) in [4.78, 5) is 4.50. The van der Waals surface area contributed by atoms with Crippen LogP contribution in [0.4, 0.5) is 13.2 Å². The van der Waals surface area contributed by atoms with Gasteiger partial charge in [0.1, 0.15) is 0 Å². The van der Waals surface area contributed by atoms with Gasteiger partial charge in [-0.05, 0) is 35.7 Å². The summed E-state index contributed by atoms with van der Waals surface area (Å²) in [6.45, 7) is 3.82. The Kier molecular flexibility index (Phi) is 10.3. The maximum Gasteiger partial charge on any atom is 0.416 e. The van der Waals surface area contributed by atoms with Gasteiger partial charge in [-0.1, -0.05) is 36.4 Å². The highest BCUT2D eigenvalue weighted by Crippen LogP contribution is 2.29. The van der Waals surface area contributed by atoms with Gasteiger partial charge in [-0.3, -0.25) is 0 Å². The van der Waals surface area contributed by atoms with Crippen molar-refractivity contribution < 1.29 is 17.9 Å². The van der Waals surface area contributed by atoms with E-state index in [0.29, 0.717) is 31.2 Å². The standard InChI is InChI=1S/C20H24F3N3O.HI/c1-3-24-19(25-12-15-6-4-8-17(10-15)14-27-2)26-13-16-7-5-9-18(11-16)20(21,22)23;/h4-11H,3,12-14H2,1-2H3,(H2,24,25,26);1H. The molecular weight excluding hydrogens is 482 g/mol. The first-order valence-corrected chi connectivity index (χ1v) is 8.67. The van der Waals surface area contributed by atoms with E-state index in [2.05, 4.69) is 15.6 Å². The topological polar surface area (TPSA) is 45.7 Å². The first-order valence-electron chi connectivity index (χ1n) is 8.67. The molecule has 0 aromatic heterocycles. The van der Waals surface area contributed by atoms with Gasteiger partial charge in [0, 0.05) is 20.2 Å². The number of benzene rings is 2. The smallest absolute Gasteiger partial charge is 0.380 e. The second-order valence-electron chi connectivity index (χ2n) is 6.00. The molecule has 2 aromatic rings. The molecule has 0 spiro atoms. The van der Waals surface area contributed by atoms with Crippen LogP contribution in [0.25, 0.3) is 0 Å². The lowest BCUT2D eigenvalue weighted by atomic mass is 10.1. The van der Waals surface area contributed by atoms with E-state index in [0.717, 1.165) is 23.3 Å². The molecule has 0 amide bonds. The molecule has 0 bridgehead atoms. The fourth-order valence-corrected chi connectivity index (χ4v) is 2.54. The van der Waals surface area contributed by atoms with Crippen LogP contribution in [0.15, 0.2) is 53.5 Å². The summed E-state index contributed by atoms with van der Waals surface area (Å²) >= 11 is 0. The van der Waals surface area contributed by atoms with Gasteiger partial charge in [-0.15, -0.1) is 24.0 Å². The first kappa shape index (κ1) is 24.2. The Bertz CT molecular complexity index is 766. The summed E-state index contributed by atoms with van der Waals surface area (Å²) in [5, 5.41) is 6.17. The molecule has 4 nitrogen and oxygen atoms in total. The Morgan fingerprint density at radius 1 is 1.00 bits per heavy atom. The highest BCUT2D eigenvalue weighted by Gasteiger charge is 2.30. The first-order chi connectivity index (χ1) is 12.9. The lowest BCUT2D eigenvalue weighted by molar-refractivity contribution is -0.137. The van der Waals surface area contributed by atoms with Crippen molar-refractivity contribution in [1.29, 1.82) is 0 Å². The lowest BCUT2D eigenvalue weighted by Crippen LogP contribution is -2.36. The lowest BCUT2D eigenvalue weighted by Gasteiger charge is -2.13. The third-order valence-electron chi connectivity index (χ3n) is 3.78. The molecule has 2 N–H and O–H groups in total. The number of aliphatic imine (C=N–C) groups is 1. The van der Waals surface area contributed by atoms with Gasteiger partial charge in [0.2, 0.25) is 0 Å². The van der Waals surface area contributed by atoms with Gasteiger partial charge < -0.3 is 15.4 Å². The van der Waals surface area contributed by atoms with Crippen LogP contribution in [0.2, 0.25) is 0 Å². The van der Waals surface area contributed by atoms with E-state index in [4.69, 9.17) is 4.74 Å². The maximum absolute atomic E-state index is 12.8. The molecule has 0 radical (unpaired) electrons. The van der Waals surface area contributed by atoms with Crippen LogP contribution < -0.4 is 10.6 Å². The molecule has 0 saturated heterocycles. The molecule has 0 atom stereocenters. The molecule has 0 aliphatic heterocycles. The van der Waals surface area contributed by atoms with Crippen LogP contribution in [-0.2, 0) is 30.6 Å². The summed E-state index contributed by atoms with van der Waals surface area (Å²) in [6, 6.07) is 13.2. The minimum atomic E-state index is -4.35. The van der Waals surface area contributed by atoms with E-state index in [9.17, 15) is 13.2 Å². The van der Waals surface area contributed by atoms with Gasteiger partial charge in [-0.2, -0.15) is 13.2 Å². The van der Waals surface area contributed by atoms with Gasteiger partial charge >= 0.3 is 6.18 Å². The number of hydrogen-bond acceptors (Lipinski definition) is 2. The zero-order chi connectivity index (χ0) is 19.7. The molecule has 0 aliphatic rings. The largest absolute Gasteiger partial charge is 0.416 e. The number of halogens is 4. The minimum absolute atomic E-state index is 0. The average Bonchev–Trinajstić information content (AvgIpc) is 2.64. The van der Waals surface area contributed by atoms with E-state index in [-0.39, 0.29) is 30.5 Å². The Balaban J connectivity index is 0.00000392. The van der Waals surface area contributed by atoms with E-state index >= 15 is 0 Å². The number of methoxy groups -OCH3 is 1. The van der Waals surface area contributed by atoms with E-state index in [1.165, 1.54) is 6.07 Å². The molecule has 0 heterocycles. The minimum Gasteiger partial charge on any atom is -0.380 e. The van der Waals surface area contributed by atoms with Crippen molar-refractivity contribution in [2.24, 2.45) is 4.99 Å². The van der Waals surface area contributed by atoms with Crippen LogP contribution in [0.3, 0.4) is 0 Å². The third kappa shape index (κ3) is 8.05. The molecule has 8 heteroatoms. The summed E-state index contributed by atoms with van der Waals surface area (Å²) < 4.78 is 43.6. The second-order valence-corrected chi connectivity index (χ2v) is 6.00. The van der Waals surface area contributed by atoms with Crippen molar-refractivity contribution >= 4 is 29.9 Å². The van der Waals surface area contributed by atoms with Crippen LogP contribution >= 0.6 is 24.0 Å². The van der Waals surface area contributed by atoms with E-state index in [1.54, 1.807) is 13.2 Å². The molecule has 0 saturated carbocycles. The zero-order valence-electron chi connectivity index (χ0n) is 15.8. The molecule has 154 valence electrons. The fraction of sp³-hybridized carbons (Fsp3) is 0.350. The Labute approximate surface area is 180 Å². The summed E-state index contributed by atoms with van der Waals surface area (Å²) in [5.41, 5.74) is 1.98. The van der Waals surface area contributed by atoms with Crippen LogP contribution in [0, 0.1) is 0 Å². The molecule has 0 unspecified atom stereocenters. The Morgan fingerprint density at radius 3 is 2.36 bits per heavy atom. The van der Waals surface area contributed by atoms with Crippen LogP contribution in [0.5, 0.6) is 0 Å². The zero-order valence-corrected chi connectivity index (χ0v) is 18.2. The van der Waals surface area contributed by atoms with E-state index < -0.39 is 11.7 Å². The van der Waals surface area contributed by atoms with E-state index in [1.807, 2.05) is 31.2 Å². The van der Waals surface area contributed by atoms with Crippen molar-refractivity contribution in [2.75, 3.05) is 13.7 Å². The number of nitrogens with one attached hydrogen (secondary N) is 2. The second kappa shape index (κ2) is 11.9. The Morgan fingerprint density at radius 2 is 1.68 bits per heavy atom. The summed E-state index contributed by atoms with van der Waals surface area (Å²) in [7, 11) is 1.64. The highest BCUT2D eigenvalue weighted by molar-refractivity contribution is 14.0. The molecule has 0 aliphatic carbocycles. The quantitative estimate of drug-likeness (QED) is 0.324. The van der Waals surface area contributed by atoms with Crippen molar-refractivity contribution in [3.8, 4) is 0 Å². The van der Waals surface area contributed by atoms with Crippen LogP contribution in [-0.4, -0.2) is 19.6 Å². The number of alkyl halides is 3. The van der Waals surface area contributed by atoms with Crippen molar-refractivity contribution in [1.82, 2.24) is 10.6 Å². The monoisotopic (exact) mass is 507 g/mol. The number of nitrogens with zero attached hydrogens (tertiary/aromatic N) is 1. The molecule has 28 heavy (non-hydrogen) atoms. The molecule has 2 aromatic carbocycles. The van der Waals surface area contributed by atoms with Gasteiger partial charge in [-0.25, -0.2) is 4.99 Å². The molecular formula is C20H25F3IN3O. The predicted molar refractivity (Wildman–Crippen MR) is 116 cm³/mol. The van der Waals surface area contributed by atoms with Crippen molar-refractivity contribution in [3.63, 3.8) is 0 Å². The van der Waals surface area contributed by atoms with Gasteiger partial charge in [0.05, 0.1) is 18.7 Å². The normalized spacial score (nSPS) is 11.7. The summed E-state index contributed by atoms with van der Waals surface area (Å²) in [5.74, 6) is 0.548. The number of rotatable bonds is 7.